The minimum Gasteiger partial charge on any atom is -0.0622 e. The van der Waals surface area contributed by atoms with Gasteiger partial charge in [-0.3, -0.25) is 0 Å². The van der Waals surface area contributed by atoms with Crippen LogP contribution in [0, 0.1) is 34.5 Å². The van der Waals surface area contributed by atoms with E-state index >= 15 is 0 Å². The third-order valence-corrected chi connectivity index (χ3v) is 6.27. The van der Waals surface area contributed by atoms with Crippen molar-refractivity contribution < 1.29 is 0 Å². The predicted molar refractivity (Wildman–Crippen MR) is 66.7 cm³/mol. The van der Waals surface area contributed by atoms with Crippen molar-refractivity contribution in [2.24, 2.45) is 34.5 Å². The summed E-state index contributed by atoms with van der Waals surface area (Å²) in [5.41, 5.74) is 1.11. The van der Waals surface area contributed by atoms with Crippen LogP contribution in [0.1, 0.15) is 60.8 Å². The van der Waals surface area contributed by atoms with Gasteiger partial charge in [0.1, 0.15) is 0 Å². The van der Waals surface area contributed by atoms with E-state index in [1.807, 2.05) is 0 Å². The van der Waals surface area contributed by atoms with Crippen LogP contribution in [-0.4, -0.2) is 0 Å². The van der Waals surface area contributed by atoms with Crippen LogP contribution in [0.4, 0.5) is 0 Å². The molecule has 0 amide bonds. The highest BCUT2D eigenvalue weighted by atomic mass is 14.6. The van der Waals surface area contributed by atoms with Gasteiger partial charge in [-0.05, 0) is 40.9 Å². The summed E-state index contributed by atoms with van der Waals surface area (Å²) < 4.78 is 0. The normalized spacial score (nSPS) is 47.6. The van der Waals surface area contributed by atoms with Gasteiger partial charge < -0.3 is 0 Å². The summed E-state index contributed by atoms with van der Waals surface area (Å²) in [4.78, 5) is 0. The molecule has 4 unspecified atom stereocenters. The van der Waals surface area contributed by atoms with Crippen molar-refractivity contribution in [2.75, 3.05) is 0 Å². The Morgan fingerprint density at radius 3 is 2.00 bits per heavy atom. The number of fused-ring (bicyclic) bond motifs is 1. The second-order valence-electron chi connectivity index (χ2n) is 7.40. The molecule has 2 aliphatic carbocycles. The molecule has 2 aliphatic rings. The van der Waals surface area contributed by atoms with Crippen LogP contribution in [0.15, 0.2) is 0 Å². The van der Waals surface area contributed by atoms with Gasteiger partial charge in [0.25, 0.3) is 0 Å². The van der Waals surface area contributed by atoms with Gasteiger partial charge in [0.05, 0.1) is 0 Å². The molecular formula is C15H28. The van der Waals surface area contributed by atoms with E-state index in [1.165, 1.54) is 19.3 Å². The monoisotopic (exact) mass is 208 g/mol. The summed E-state index contributed by atoms with van der Waals surface area (Å²) in [7, 11) is 0. The zero-order chi connectivity index (χ0) is 11.4. The molecule has 0 aliphatic heterocycles. The van der Waals surface area contributed by atoms with Gasteiger partial charge in [0.2, 0.25) is 0 Å². The quantitative estimate of drug-likeness (QED) is 0.539. The summed E-state index contributed by atoms with van der Waals surface area (Å²) in [6.07, 6.45) is 4.41. The molecule has 0 saturated heterocycles. The molecule has 0 spiro atoms. The Kier molecular flexibility index (Phi) is 2.48. The Hall–Kier alpha value is 0. The molecule has 0 aromatic carbocycles. The Labute approximate surface area is 95.8 Å². The molecule has 0 heteroatoms. The van der Waals surface area contributed by atoms with Crippen molar-refractivity contribution in [1.29, 1.82) is 0 Å². The molecule has 0 aromatic rings. The van der Waals surface area contributed by atoms with Crippen molar-refractivity contribution in [3.63, 3.8) is 0 Å². The van der Waals surface area contributed by atoms with E-state index in [2.05, 4.69) is 41.5 Å². The summed E-state index contributed by atoms with van der Waals surface area (Å²) in [5.74, 6) is 3.76. The first-order valence-electron chi connectivity index (χ1n) is 6.79. The SMILES string of the molecule is CC1CCCC2C1C(C)(C)C(C)C2(C)C. The Morgan fingerprint density at radius 1 is 0.867 bits per heavy atom. The van der Waals surface area contributed by atoms with Crippen molar-refractivity contribution >= 4 is 0 Å². The topological polar surface area (TPSA) is 0 Å². The summed E-state index contributed by atoms with van der Waals surface area (Å²) in [5, 5.41) is 0. The van der Waals surface area contributed by atoms with E-state index in [-0.39, 0.29) is 0 Å². The molecule has 4 atom stereocenters. The van der Waals surface area contributed by atoms with Crippen LogP contribution in [0.5, 0.6) is 0 Å². The first-order valence-corrected chi connectivity index (χ1v) is 6.79. The molecule has 2 fully saturated rings. The van der Waals surface area contributed by atoms with E-state index in [4.69, 9.17) is 0 Å². The lowest BCUT2D eigenvalue weighted by Gasteiger charge is -2.41. The second kappa shape index (κ2) is 3.25. The third-order valence-electron chi connectivity index (χ3n) is 6.27. The van der Waals surface area contributed by atoms with Crippen molar-refractivity contribution in [3.05, 3.63) is 0 Å². The Morgan fingerprint density at radius 2 is 1.47 bits per heavy atom. The number of rotatable bonds is 0. The summed E-state index contributed by atoms with van der Waals surface area (Å²) in [6.45, 7) is 15.1. The van der Waals surface area contributed by atoms with E-state index in [9.17, 15) is 0 Å². The van der Waals surface area contributed by atoms with Crippen LogP contribution in [0.25, 0.3) is 0 Å². The molecule has 0 heterocycles. The van der Waals surface area contributed by atoms with E-state index in [0.29, 0.717) is 10.8 Å². The first kappa shape index (κ1) is 11.5. The smallest absolute Gasteiger partial charge is 0.0290 e. The summed E-state index contributed by atoms with van der Waals surface area (Å²) in [6, 6.07) is 0. The Bertz CT molecular complexity index is 249. The average Bonchev–Trinajstić information content (AvgIpc) is 2.27. The fraction of sp³-hybridized carbons (Fsp3) is 1.00. The van der Waals surface area contributed by atoms with E-state index in [1.54, 1.807) is 0 Å². The van der Waals surface area contributed by atoms with Crippen molar-refractivity contribution in [3.8, 4) is 0 Å². The standard InChI is InChI=1S/C15H28/c1-10-8-7-9-12-13(10)15(5,6)11(2)14(12,3)4/h10-13H,7-9H2,1-6H3. The van der Waals surface area contributed by atoms with Crippen LogP contribution in [0.3, 0.4) is 0 Å². The zero-order valence-corrected chi connectivity index (χ0v) is 11.4. The van der Waals surface area contributed by atoms with Gasteiger partial charge in [-0.25, -0.2) is 0 Å². The number of hydrogen-bond acceptors (Lipinski definition) is 0. The molecule has 2 saturated carbocycles. The van der Waals surface area contributed by atoms with Gasteiger partial charge in [-0.1, -0.05) is 54.4 Å². The van der Waals surface area contributed by atoms with Crippen molar-refractivity contribution in [1.82, 2.24) is 0 Å². The highest BCUT2D eigenvalue weighted by molar-refractivity contribution is 5.07. The molecule has 15 heavy (non-hydrogen) atoms. The van der Waals surface area contributed by atoms with E-state index < -0.39 is 0 Å². The number of hydrogen-bond donors (Lipinski definition) is 0. The molecule has 0 nitrogen and oxygen atoms in total. The molecule has 88 valence electrons. The van der Waals surface area contributed by atoms with Gasteiger partial charge in [-0.2, -0.15) is 0 Å². The first-order chi connectivity index (χ1) is 6.79. The lowest BCUT2D eigenvalue weighted by atomic mass is 9.64. The summed E-state index contributed by atoms with van der Waals surface area (Å²) >= 11 is 0. The fourth-order valence-electron chi connectivity index (χ4n) is 5.07. The highest BCUT2D eigenvalue weighted by Crippen LogP contribution is 2.65. The maximum absolute atomic E-state index is 2.52. The average molecular weight is 208 g/mol. The van der Waals surface area contributed by atoms with Crippen LogP contribution in [0.2, 0.25) is 0 Å². The zero-order valence-electron chi connectivity index (χ0n) is 11.4. The van der Waals surface area contributed by atoms with Crippen molar-refractivity contribution in [2.45, 2.75) is 60.8 Å². The molecule has 0 aromatic heterocycles. The minimum absolute atomic E-state index is 0.550. The molecular weight excluding hydrogens is 180 g/mol. The molecule has 2 rings (SSSR count). The van der Waals surface area contributed by atoms with Gasteiger partial charge in [0, 0.05) is 0 Å². The fourth-order valence-corrected chi connectivity index (χ4v) is 5.07. The highest BCUT2D eigenvalue weighted by Gasteiger charge is 2.59. The maximum atomic E-state index is 2.52. The maximum Gasteiger partial charge on any atom is -0.0290 e. The van der Waals surface area contributed by atoms with E-state index in [0.717, 1.165) is 23.7 Å². The molecule has 0 bridgehead atoms. The predicted octanol–water partition coefficient (Wildman–Crippen LogP) is 4.74. The third kappa shape index (κ3) is 1.40. The van der Waals surface area contributed by atoms with Crippen LogP contribution < -0.4 is 0 Å². The lowest BCUT2D eigenvalue weighted by molar-refractivity contribution is 0.0806. The molecule has 0 radical (unpaired) electrons. The van der Waals surface area contributed by atoms with Crippen LogP contribution >= 0.6 is 0 Å². The largest absolute Gasteiger partial charge is 0.0622 e. The van der Waals surface area contributed by atoms with Gasteiger partial charge >= 0.3 is 0 Å². The van der Waals surface area contributed by atoms with Crippen LogP contribution in [-0.2, 0) is 0 Å². The lowest BCUT2D eigenvalue weighted by Crippen LogP contribution is -2.33. The van der Waals surface area contributed by atoms with Gasteiger partial charge in [0.15, 0.2) is 0 Å². The second-order valence-corrected chi connectivity index (χ2v) is 7.40. The van der Waals surface area contributed by atoms with Gasteiger partial charge in [-0.15, -0.1) is 0 Å². The Balaban J connectivity index is 2.39. The minimum atomic E-state index is 0.550. The molecule has 0 N–H and O–H groups in total.